The van der Waals surface area contributed by atoms with Crippen molar-refractivity contribution < 1.29 is 12.8 Å². The van der Waals surface area contributed by atoms with Gasteiger partial charge in [-0.25, -0.2) is 18.4 Å². The summed E-state index contributed by atoms with van der Waals surface area (Å²) in [4.78, 5) is 15.9. The molecule has 1 aliphatic heterocycles. The molecule has 2 aromatic heterocycles. The average molecular weight is 505 g/mol. The summed E-state index contributed by atoms with van der Waals surface area (Å²) >= 11 is 0. The van der Waals surface area contributed by atoms with Gasteiger partial charge < -0.3 is 14.6 Å². The Morgan fingerprint density at radius 3 is 2.22 bits per heavy atom. The van der Waals surface area contributed by atoms with Crippen molar-refractivity contribution in [1.82, 2.24) is 15.0 Å². The van der Waals surface area contributed by atoms with Crippen molar-refractivity contribution in [3.8, 4) is 11.3 Å². The van der Waals surface area contributed by atoms with Crippen LogP contribution in [-0.2, 0) is 10.0 Å². The lowest BCUT2D eigenvalue weighted by atomic mass is 10.1. The molecule has 1 saturated heterocycles. The number of nitrogens with one attached hydrogen (secondary N) is 2. The van der Waals surface area contributed by atoms with Gasteiger partial charge in [-0.15, -0.1) is 0 Å². The first-order chi connectivity index (χ1) is 17.4. The number of benzene rings is 2. The number of piperidine rings is 1. The van der Waals surface area contributed by atoms with Crippen molar-refractivity contribution in [3.05, 3.63) is 72.4 Å². The average Bonchev–Trinajstić information content (AvgIpc) is 3.32. The Hall–Kier alpha value is -3.92. The molecule has 2 aromatic carbocycles. The third kappa shape index (κ3) is 5.49. The van der Waals surface area contributed by atoms with Crippen LogP contribution in [0.5, 0.6) is 0 Å². The minimum absolute atomic E-state index is 0.162. The van der Waals surface area contributed by atoms with Crippen molar-refractivity contribution in [2.75, 3.05) is 28.0 Å². The van der Waals surface area contributed by atoms with E-state index in [1.807, 2.05) is 25.1 Å². The summed E-state index contributed by atoms with van der Waals surface area (Å²) in [6.07, 6.45) is 5.10. The van der Waals surface area contributed by atoms with Gasteiger partial charge >= 0.3 is 0 Å². The second-order valence-electron chi connectivity index (χ2n) is 8.83. The van der Waals surface area contributed by atoms with Gasteiger partial charge in [-0.3, -0.25) is 4.72 Å². The molecule has 36 heavy (non-hydrogen) atoms. The van der Waals surface area contributed by atoms with E-state index in [0.29, 0.717) is 23.1 Å². The molecule has 4 aromatic rings. The third-order valence-corrected chi connectivity index (χ3v) is 7.37. The maximum Gasteiger partial charge on any atom is 0.261 e. The number of anilines is 4. The van der Waals surface area contributed by atoms with Crippen LogP contribution in [0.15, 0.2) is 70.2 Å². The van der Waals surface area contributed by atoms with E-state index >= 15 is 0 Å². The summed E-state index contributed by atoms with van der Waals surface area (Å²) < 4.78 is 33.6. The molecule has 0 amide bonds. The molecule has 1 fully saturated rings. The molecule has 0 bridgehead atoms. The number of sulfonamides is 1. The number of oxazole rings is 1. The fraction of sp³-hybridized carbons (Fsp3) is 0.269. The van der Waals surface area contributed by atoms with Gasteiger partial charge in [-0.1, -0.05) is 12.1 Å². The van der Waals surface area contributed by atoms with E-state index in [9.17, 15) is 8.42 Å². The van der Waals surface area contributed by atoms with Gasteiger partial charge in [-0.05, 0) is 62.6 Å². The summed E-state index contributed by atoms with van der Waals surface area (Å²) in [5.41, 5.74) is 3.60. The van der Waals surface area contributed by atoms with Crippen LogP contribution >= 0.6 is 0 Å². The number of rotatable bonds is 7. The van der Waals surface area contributed by atoms with Gasteiger partial charge in [0, 0.05) is 48.7 Å². The van der Waals surface area contributed by atoms with Gasteiger partial charge in [0.1, 0.15) is 17.8 Å². The lowest BCUT2D eigenvalue weighted by Crippen LogP contribution is -2.31. The van der Waals surface area contributed by atoms with E-state index in [1.165, 1.54) is 6.42 Å². The molecule has 3 heterocycles. The molecule has 0 unspecified atom stereocenters. The minimum atomic E-state index is -3.74. The number of hydrogen-bond donors (Lipinski definition) is 2. The van der Waals surface area contributed by atoms with Crippen LogP contribution in [0.4, 0.5) is 23.1 Å². The lowest BCUT2D eigenvalue weighted by Gasteiger charge is -2.27. The molecule has 10 heteroatoms. The highest BCUT2D eigenvalue weighted by molar-refractivity contribution is 7.92. The zero-order valence-corrected chi connectivity index (χ0v) is 21.0. The third-order valence-electron chi connectivity index (χ3n) is 5.97. The summed E-state index contributed by atoms with van der Waals surface area (Å²) in [6.45, 7) is 5.66. The molecule has 1 aliphatic rings. The standard InChI is InChI=1S/C26H28N6O3S/c1-18-16-25(30-26(27-18)32-14-4-3-5-15-32)29-21-8-10-22(11-9-21)31-36(33,34)23-12-6-20(7-13-23)24-17-35-19(2)28-24/h6-13,16-17,31H,3-5,14-15H2,1-2H3,(H,27,29,30). The first kappa shape index (κ1) is 23.8. The maximum absolute atomic E-state index is 12.9. The van der Waals surface area contributed by atoms with Gasteiger partial charge in [-0.2, -0.15) is 4.98 Å². The molecule has 5 rings (SSSR count). The van der Waals surface area contributed by atoms with Crippen LogP contribution < -0.4 is 14.9 Å². The predicted octanol–water partition coefficient (Wildman–Crippen LogP) is 5.28. The van der Waals surface area contributed by atoms with Crippen molar-refractivity contribution in [3.63, 3.8) is 0 Å². The molecule has 0 atom stereocenters. The van der Waals surface area contributed by atoms with E-state index in [-0.39, 0.29) is 4.90 Å². The molecular formula is C26H28N6O3S. The Kier molecular flexibility index (Phi) is 6.60. The Bertz CT molecular complexity index is 1440. The van der Waals surface area contributed by atoms with Crippen LogP contribution in [-0.4, -0.2) is 36.5 Å². The molecule has 0 spiro atoms. The van der Waals surface area contributed by atoms with Crippen molar-refractivity contribution in [2.24, 2.45) is 0 Å². The highest BCUT2D eigenvalue weighted by atomic mass is 32.2. The molecule has 186 valence electrons. The Morgan fingerprint density at radius 2 is 1.56 bits per heavy atom. The molecule has 2 N–H and O–H groups in total. The van der Waals surface area contributed by atoms with Crippen LogP contribution in [0.25, 0.3) is 11.3 Å². The Balaban J connectivity index is 1.26. The van der Waals surface area contributed by atoms with Crippen LogP contribution in [0, 0.1) is 13.8 Å². The van der Waals surface area contributed by atoms with Gasteiger partial charge in [0.25, 0.3) is 10.0 Å². The molecule has 0 radical (unpaired) electrons. The van der Waals surface area contributed by atoms with Crippen molar-refractivity contribution in [1.29, 1.82) is 0 Å². The lowest BCUT2D eigenvalue weighted by molar-refractivity contribution is 0.521. The number of nitrogens with zero attached hydrogens (tertiary/aromatic N) is 4. The second-order valence-corrected chi connectivity index (χ2v) is 10.5. The van der Waals surface area contributed by atoms with E-state index in [0.717, 1.165) is 48.8 Å². The number of hydrogen-bond acceptors (Lipinski definition) is 8. The normalized spacial score (nSPS) is 14.0. The summed E-state index contributed by atoms with van der Waals surface area (Å²) in [6, 6.07) is 15.5. The monoisotopic (exact) mass is 504 g/mol. The largest absolute Gasteiger partial charge is 0.449 e. The van der Waals surface area contributed by atoms with Crippen molar-refractivity contribution >= 4 is 33.2 Å². The van der Waals surface area contributed by atoms with E-state index in [1.54, 1.807) is 49.6 Å². The van der Waals surface area contributed by atoms with Crippen LogP contribution in [0.2, 0.25) is 0 Å². The summed E-state index contributed by atoms with van der Waals surface area (Å²) in [5.74, 6) is 2.00. The van der Waals surface area contributed by atoms with E-state index in [4.69, 9.17) is 4.42 Å². The molecule has 0 aliphatic carbocycles. The summed E-state index contributed by atoms with van der Waals surface area (Å²) in [7, 11) is -3.74. The fourth-order valence-electron chi connectivity index (χ4n) is 4.14. The molecular weight excluding hydrogens is 476 g/mol. The quantitative estimate of drug-likeness (QED) is 0.349. The number of aromatic nitrogens is 3. The SMILES string of the molecule is Cc1cc(Nc2ccc(NS(=O)(=O)c3ccc(-c4coc(C)n4)cc3)cc2)nc(N2CCCCC2)n1. The van der Waals surface area contributed by atoms with E-state index in [2.05, 4.69) is 29.9 Å². The Labute approximate surface area is 210 Å². The highest BCUT2D eigenvalue weighted by Gasteiger charge is 2.16. The first-order valence-corrected chi connectivity index (χ1v) is 13.4. The molecule has 0 saturated carbocycles. The Morgan fingerprint density at radius 1 is 0.861 bits per heavy atom. The topological polar surface area (TPSA) is 113 Å². The smallest absolute Gasteiger partial charge is 0.261 e. The van der Waals surface area contributed by atoms with Gasteiger partial charge in [0.2, 0.25) is 5.95 Å². The highest BCUT2D eigenvalue weighted by Crippen LogP contribution is 2.25. The molecule has 9 nitrogen and oxygen atoms in total. The first-order valence-electron chi connectivity index (χ1n) is 11.9. The summed E-state index contributed by atoms with van der Waals surface area (Å²) in [5, 5.41) is 3.30. The van der Waals surface area contributed by atoms with Gasteiger partial charge in [0.15, 0.2) is 5.89 Å². The number of aryl methyl sites for hydroxylation is 2. The van der Waals surface area contributed by atoms with Crippen LogP contribution in [0.1, 0.15) is 30.8 Å². The second kappa shape index (κ2) is 9.98. The van der Waals surface area contributed by atoms with Gasteiger partial charge in [0.05, 0.1) is 4.90 Å². The van der Waals surface area contributed by atoms with E-state index < -0.39 is 10.0 Å². The predicted molar refractivity (Wildman–Crippen MR) is 140 cm³/mol. The maximum atomic E-state index is 12.9. The zero-order chi connectivity index (χ0) is 25.1. The zero-order valence-electron chi connectivity index (χ0n) is 20.2. The van der Waals surface area contributed by atoms with Crippen molar-refractivity contribution in [2.45, 2.75) is 38.0 Å². The van der Waals surface area contributed by atoms with Crippen LogP contribution in [0.3, 0.4) is 0 Å². The minimum Gasteiger partial charge on any atom is -0.449 e. The fourth-order valence-corrected chi connectivity index (χ4v) is 5.20.